The predicted octanol–water partition coefficient (Wildman–Crippen LogP) is 2.31. The first-order valence-corrected chi connectivity index (χ1v) is 9.20. The number of benzene rings is 2. The molecule has 1 N–H and O–H groups in total. The lowest BCUT2D eigenvalue weighted by molar-refractivity contribution is -0.385. The number of aliphatic imine (C=N–C) groups is 1. The Labute approximate surface area is 151 Å². The zero-order valence-corrected chi connectivity index (χ0v) is 15.2. The molecule has 2 aromatic rings. The summed E-state index contributed by atoms with van der Waals surface area (Å²) in [6.07, 6.45) is 1.63. The highest BCUT2D eigenvalue weighted by Crippen LogP contribution is 2.21. The smallest absolute Gasteiger partial charge is 0.273 e. The average molecular weight is 377 g/mol. The third-order valence-corrected chi connectivity index (χ3v) is 5.04. The third kappa shape index (κ3) is 5.11. The van der Waals surface area contributed by atoms with E-state index < -0.39 is 14.9 Å². The summed E-state index contributed by atoms with van der Waals surface area (Å²) in [6.45, 7) is 1.87. The molecule has 2 aromatic carbocycles. The summed E-state index contributed by atoms with van der Waals surface area (Å²) in [6, 6.07) is 11.1. The minimum Gasteiger partial charge on any atom is -0.497 e. The fraction of sp³-hybridized carbons (Fsp3) is 0.235. The summed E-state index contributed by atoms with van der Waals surface area (Å²) in [4.78, 5) is 14.3. The monoisotopic (exact) mass is 377 g/mol. The van der Waals surface area contributed by atoms with Crippen molar-refractivity contribution in [2.24, 2.45) is 4.99 Å². The molecule has 0 unspecified atom stereocenters. The predicted molar refractivity (Wildman–Crippen MR) is 98.5 cm³/mol. The van der Waals surface area contributed by atoms with E-state index in [1.165, 1.54) is 12.1 Å². The Morgan fingerprint density at radius 3 is 2.54 bits per heavy atom. The maximum Gasteiger partial charge on any atom is 0.273 e. The normalized spacial score (nSPS) is 11.6. The highest BCUT2D eigenvalue weighted by Gasteiger charge is 2.19. The van der Waals surface area contributed by atoms with Gasteiger partial charge >= 0.3 is 0 Å². The van der Waals surface area contributed by atoms with Crippen LogP contribution in [-0.4, -0.2) is 39.8 Å². The van der Waals surface area contributed by atoms with E-state index in [9.17, 15) is 18.5 Å². The Hall–Kier alpha value is -2.78. The summed E-state index contributed by atoms with van der Waals surface area (Å²) in [7, 11) is -2.25. The second kappa shape index (κ2) is 8.54. The van der Waals surface area contributed by atoms with Crippen LogP contribution in [0, 0.1) is 17.0 Å². The minimum atomic E-state index is -3.83. The van der Waals surface area contributed by atoms with Crippen molar-refractivity contribution in [2.75, 3.05) is 20.2 Å². The third-order valence-electron chi connectivity index (χ3n) is 3.58. The highest BCUT2D eigenvalue weighted by molar-refractivity contribution is 7.89. The first kappa shape index (κ1) is 19.5. The molecule has 2 rings (SSSR count). The average Bonchev–Trinajstić information content (AvgIpc) is 2.61. The van der Waals surface area contributed by atoms with Crippen molar-refractivity contribution in [3.05, 3.63) is 63.7 Å². The quantitative estimate of drug-likeness (QED) is 0.328. The Bertz CT molecular complexity index is 908. The number of rotatable bonds is 8. The van der Waals surface area contributed by atoms with Gasteiger partial charge in [-0.1, -0.05) is 6.07 Å². The second-order valence-corrected chi connectivity index (χ2v) is 7.18. The molecule has 0 atom stereocenters. The molecular formula is C17H19N3O5S. The molecule has 138 valence electrons. The van der Waals surface area contributed by atoms with Crippen LogP contribution in [0.5, 0.6) is 5.75 Å². The Kier molecular flexibility index (Phi) is 6.42. The van der Waals surface area contributed by atoms with Crippen molar-refractivity contribution in [3.8, 4) is 5.75 Å². The maximum atomic E-state index is 12.2. The summed E-state index contributed by atoms with van der Waals surface area (Å²) in [5.41, 5.74) is 1.03. The number of nitrogens with one attached hydrogen (secondary N) is 1. The van der Waals surface area contributed by atoms with Crippen molar-refractivity contribution in [1.29, 1.82) is 0 Å². The Balaban J connectivity index is 1.94. The molecule has 0 radical (unpaired) electrons. The number of nitrogens with zero attached hydrogens (tertiary/aromatic N) is 2. The van der Waals surface area contributed by atoms with Gasteiger partial charge in [0.2, 0.25) is 10.0 Å². The molecule has 0 aromatic heterocycles. The van der Waals surface area contributed by atoms with Gasteiger partial charge in [-0.05, 0) is 42.8 Å². The second-order valence-electron chi connectivity index (χ2n) is 5.41. The number of methoxy groups -OCH3 is 1. The Morgan fingerprint density at radius 2 is 1.92 bits per heavy atom. The van der Waals surface area contributed by atoms with Gasteiger partial charge in [0.1, 0.15) is 5.75 Å². The van der Waals surface area contributed by atoms with E-state index >= 15 is 0 Å². The van der Waals surface area contributed by atoms with Crippen LogP contribution in [0.25, 0.3) is 0 Å². The molecular weight excluding hydrogens is 358 g/mol. The van der Waals surface area contributed by atoms with Crippen molar-refractivity contribution in [1.82, 2.24) is 4.72 Å². The van der Waals surface area contributed by atoms with Crippen LogP contribution in [0.1, 0.15) is 11.1 Å². The SMILES string of the molecule is COc1ccc(C=NCCNS(=O)(=O)c2ccc(C)c([N+](=O)[O-])c2)cc1. The number of nitro groups is 1. The minimum absolute atomic E-state index is 0.0800. The van der Waals surface area contributed by atoms with Crippen molar-refractivity contribution >= 4 is 21.9 Å². The van der Waals surface area contributed by atoms with Gasteiger partial charge in [-0.2, -0.15) is 0 Å². The van der Waals surface area contributed by atoms with E-state index in [0.717, 1.165) is 17.4 Å². The molecule has 0 heterocycles. The van der Waals surface area contributed by atoms with Gasteiger partial charge in [-0.15, -0.1) is 0 Å². The molecule has 0 bridgehead atoms. The molecule has 0 spiro atoms. The standard InChI is InChI=1S/C17H19N3O5S/c1-13-3-8-16(11-17(13)20(21)22)26(23,24)19-10-9-18-12-14-4-6-15(25-2)7-5-14/h3-8,11-12,19H,9-10H2,1-2H3. The molecule has 0 saturated carbocycles. The van der Waals surface area contributed by atoms with Gasteiger partial charge in [0.15, 0.2) is 0 Å². The maximum absolute atomic E-state index is 12.2. The molecule has 0 aliphatic heterocycles. The summed E-state index contributed by atoms with van der Waals surface area (Å²) < 4.78 is 31.9. The lowest BCUT2D eigenvalue weighted by Gasteiger charge is -2.06. The van der Waals surface area contributed by atoms with E-state index in [0.29, 0.717) is 5.56 Å². The molecule has 0 aliphatic carbocycles. The number of aryl methyl sites for hydroxylation is 1. The van der Waals surface area contributed by atoms with E-state index in [-0.39, 0.29) is 23.7 Å². The van der Waals surface area contributed by atoms with Crippen molar-refractivity contribution < 1.29 is 18.1 Å². The summed E-state index contributed by atoms with van der Waals surface area (Å²) >= 11 is 0. The van der Waals surface area contributed by atoms with Gasteiger partial charge < -0.3 is 4.74 Å². The zero-order chi connectivity index (χ0) is 19.2. The van der Waals surface area contributed by atoms with E-state index in [4.69, 9.17) is 4.74 Å². The number of hydrogen-bond acceptors (Lipinski definition) is 6. The van der Waals surface area contributed by atoms with E-state index in [2.05, 4.69) is 9.71 Å². The van der Waals surface area contributed by atoms with Crippen LogP contribution in [0.15, 0.2) is 52.4 Å². The lowest BCUT2D eigenvalue weighted by atomic mass is 10.2. The lowest BCUT2D eigenvalue weighted by Crippen LogP contribution is -2.26. The highest BCUT2D eigenvalue weighted by atomic mass is 32.2. The zero-order valence-electron chi connectivity index (χ0n) is 14.4. The van der Waals surface area contributed by atoms with E-state index in [1.807, 2.05) is 12.1 Å². The molecule has 0 saturated heterocycles. The van der Waals surface area contributed by atoms with Crippen LogP contribution < -0.4 is 9.46 Å². The molecule has 26 heavy (non-hydrogen) atoms. The van der Waals surface area contributed by atoms with E-state index in [1.54, 1.807) is 32.4 Å². The molecule has 9 heteroatoms. The first-order valence-electron chi connectivity index (χ1n) is 7.72. The number of hydrogen-bond donors (Lipinski definition) is 1. The number of sulfonamides is 1. The van der Waals surface area contributed by atoms with Crippen LogP contribution in [0.2, 0.25) is 0 Å². The number of ether oxygens (including phenoxy) is 1. The molecule has 0 aliphatic rings. The van der Waals surface area contributed by atoms with Crippen LogP contribution >= 0.6 is 0 Å². The van der Waals surface area contributed by atoms with Crippen molar-refractivity contribution in [2.45, 2.75) is 11.8 Å². The van der Waals surface area contributed by atoms with Gasteiger partial charge in [-0.3, -0.25) is 15.1 Å². The summed E-state index contributed by atoms with van der Waals surface area (Å²) in [5.74, 6) is 0.738. The fourth-order valence-electron chi connectivity index (χ4n) is 2.14. The van der Waals surface area contributed by atoms with Crippen LogP contribution in [0.3, 0.4) is 0 Å². The molecule has 8 nitrogen and oxygen atoms in total. The van der Waals surface area contributed by atoms with Gasteiger partial charge in [0.25, 0.3) is 5.69 Å². The van der Waals surface area contributed by atoms with Gasteiger partial charge in [0, 0.05) is 24.4 Å². The molecule has 0 fully saturated rings. The Morgan fingerprint density at radius 1 is 1.23 bits per heavy atom. The van der Waals surface area contributed by atoms with Crippen LogP contribution in [-0.2, 0) is 10.0 Å². The largest absolute Gasteiger partial charge is 0.497 e. The molecule has 0 amide bonds. The first-order chi connectivity index (χ1) is 12.3. The van der Waals surface area contributed by atoms with Gasteiger partial charge in [0.05, 0.1) is 23.5 Å². The van der Waals surface area contributed by atoms with Crippen LogP contribution in [0.4, 0.5) is 5.69 Å². The van der Waals surface area contributed by atoms with Gasteiger partial charge in [-0.25, -0.2) is 13.1 Å². The van der Waals surface area contributed by atoms with Crippen molar-refractivity contribution in [3.63, 3.8) is 0 Å². The number of nitro benzene ring substituents is 1. The topological polar surface area (TPSA) is 111 Å². The summed E-state index contributed by atoms with van der Waals surface area (Å²) in [5, 5.41) is 10.9. The fourth-order valence-corrected chi connectivity index (χ4v) is 3.18.